The third kappa shape index (κ3) is 3.44. The molecule has 0 unspecified atom stereocenters. The Morgan fingerprint density at radius 1 is 1.03 bits per heavy atom. The molecule has 0 N–H and O–H groups in total. The molecule has 0 spiro atoms. The number of nitrogens with zero attached hydrogens (tertiary/aromatic N) is 3. The van der Waals surface area contributed by atoms with Crippen LogP contribution in [-0.4, -0.2) is 47.7 Å². The minimum Gasteiger partial charge on any atom is -0.493 e. The van der Waals surface area contributed by atoms with Crippen molar-refractivity contribution in [1.29, 1.82) is 0 Å². The minimum atomic E-state index is -0.246. The predicted molar refractivity (Wildman–Crippen MR) is 110 cm³/mol. The third-order valence-electron chi connectivity index (χ3n) is 5.32. The van der Waals surface area contributed by atoms with Crippen molar-refractivity contribution in [3.8, 4) is 17.2 Å². The van der Waals surface area contributed by atoms with E-state index >= 15 is 0 Å². The summed E-state index contributed by atoms with van der Waals surface area (Å²) in [5.41, 5.74) is 0.817. The van der Waals surface area contributed by atoms with Gasteiger partial charge in [0.1, 0.15) is 0 Å². The molecule has 0 saturated carbocycles. The van der Waals surface area contributed by atoms with E-state index < -0.39 is 0 Å². The van der Waals surface area contributed by atoms with Gasteiger partial charge in [-0.1, -0.05) is 0 Å². The second-order valence-electron chi connectivity index (χ2n) is 7.03. The lowest BCUT2D eigenvalue weighted by atomic mass is 10.0. The summed E-state index contributed by atoms with van der Waals surface area (Å²) in [6.07, 6.45) is 7.97. The number of amides is 1. The Balaban J connectivity index is 1.99. The number of pyridine rings is 2. The van der Waals surface area contributed by atoms with E-state index in [1.807, 2.05) is 4.90 Å². The van der Waals surface area contributed by atoms with E-state index in [-0.39, 0.29) is 11.5 Å². The molecule has 3 aromatic rings. The lowest BCUT2D eigenvalue weighted by molar-refractivity contribution is 0.0725. The molecule has 2 aromatic heterocycles. The molecule has 1 saturated heterocycles. The van der Waals surface area contributed by atoms with Crippen LogP contribution in [0.2, 0.25) is 0 Å². The van der Waals surface area contributed by atoms with Crippen molar-refractivity contribution in [2.75, 3.05) is 27.3 Å². The van der Waals surface area contributed by atoms with Gasteiger partial charge >= 0.3 is 0 Å². The first kappa shape index (κ1) is 19.0. The average molecular weight is 393 g/mol. The molecule has 0 bridgehead atoms. The van der Waals surface area contributed by atoms with Crippen LogP contribution in [0, 0.1) is 0 Å². The molecule has 1 aromatic carbocycles. The molecular weight excluding hydrogens is 370 g/mol. The first-order valence-corrected chi connectivity index (χ1v) is 9.65. The maximum Gasteiger partial charge on any atom is 0.263 e. The third-order valence-corrected chi connectivity index (χ3v) is 5.32. The van der Waals surface area contributed by atoms with E-state index in [9.17, 15) is 9.59 Å². The minimum absolute atomic E-state index is 0.0837. The van der Waals surface area contributed by atoms with Crippen LogP contribution < -0.4 is 15.0 Å². The van der Waals surface area contributed by atoms with Crippen LogP contribution in [-0.2, 0) is 0 Å². The van der Waals surface area contributed by atoms with Gasteiger partial charge in [-0.3, -0.25) is 19.1 Å². The van der Waals surface area contributed by atoms with Crippen LogP contribution in [0.3, 0.4) is 0 Å². The van der Waals surface area contributed by atoms with Gasteiger partial charge in [0.25, 0.3) is 11.5 Å². The number of hydrogen-bond donors (Lipinski definition) is 0. The summed E-state index contributed by atoms with van der Waals surface area (Å²) in [5.74, 6) is 0.836. The van der Waals surface area contributed by atoms with E-state index in [2.05, 4.69) is 4.98 Å². The Hall–Kier alpha value is -3.35. The zero-order valence-corrected chi connectivity index (χ0v) is 16.6. The number of fused-ring (bicyclic) bond motifs is 1. The first-order valence-electron chi connectivity index (χ1n) is 9.65. The largest absolute Gasteiger partial charge is 0.493 e. The van der Waals surface area contributed by atoms with Crippen molar-refractivity contribution in [2.24, 2.45) is 0 Å². The number of rotatable bonds is 4. The van der Waals surface area contributed by atoms with E-state index in [1.54, 1.807) is 42.9 Å². The number of carbonyl (C=O) groups excluding carboxylic acids is 1. The molecule has 0 atom stereocenters. The lowest BCUT2D eigenvalue weighted by Crippen LogP contribution is -2.36. The smallest absolute Gasteiger partial charge is 0.263 e. The Morgan fingerprint density at radius 2 is 1.72 bits per heavy atom. The maximum absolute atomic E-state index is 13.4. The number of carbonyl (C=O) groups is 1. The molecule has 1 aliphatic heterocycles. The molecule has 7 nitrogen and oxygen atoms in total. The van der Waals surface area contributed by atoms with Crippen molar-refractivity contribution >= 4 is 16.7 Å². The van der Waals surface area contributed by atoms with Gasteiger partial charge in [0.2, 0.25) is 0 Å². The van der Waals surface area contributed by atoms with Gasteiger partial charge in [0, 0.05) is 30.9 Å². The summed E-state index contributed by atoms with van der Waals surface area (Å²) < 4.78 is 12.3. The topological polar surface area (TPSA) is 73.7 Å². The highest BCUT2D eigenvalue weighted by Gasteiger charge is 2.24. The van der Waals surface area contributed by atoms with Gasteiger partial charge in [-0.15, -0.1) is 0 Å². The Bertz CT molecular complexity index is 1100. The normalized spacial score (nSPS) is 14.1. The zero-order chi connectivity index (χ0) is 20.4. The van der Waals surface area contributed by atoms with E-state index in [1.165, 1.54) is 18.8 Å². The van der Waals surface area contributed by atoms with Crippen LogP contribution in [0.25, 0.3) is 16.5 Å². The second-order valence-corrected chi connectivity index (χ2v) is 7.03. The summed E-state index contributed by atoms with van der Waals surface area (Å²) in [7, 11) is 3.05. The molecular formula is C22H23N3O4. The zero-order valence-electron chi connectivity index (χ0n) is 16.6. The first-order chi connectivity index (χ1) is 14.1. The summed E-state index contributed by atoms with van der Waals surface area (Å²) in [4.78, 5) is 32.6. The second kappa shape index (κ2) is 7.95. The highest BCUT2D eigenvalue weighted by atomic mass is 16.5. The molecule has 29 heavy (non-hydrogen) atoms. The van der Waals surface area contributed by atoms with Crippen LogP contribution >= 0.6 is 0 Å². The van der Waals surface area contributed by atoms with E-state index in [0.29, 0.717) is 33.5 Å². The number of methoxy groups -OCH3 is 2. The number of likely N-dealkylation sites (tertiary alicyclic amines) is 1. The molecule has 0 radical (unpaired) electrons. The maximum atomic E-state index is 13.4. The fourth-order valence-corrected chi connectivity index (χ4v) is 3.79. The predicted octanol–water partition coefficient (Wildman–Crippen LogP) is 3.03. The molecule has 1 amide bonds. The lowest BCUT2D eigenvalue weighted by Gasteiger charge is -2.27. The molecule has 150 valence electrons. The van der Waals surface area contributed by atoms with Crippen molar-refractivity contribution < 1.29 is 14.3 Å². The summed E-state index contributed by atoms with van der Waals surface area (Å²) in [6.45, 7) is 1.44. The SMILES string of the molecule is COc1cc2c(C(=O)N3CCCCC3)cn(-c3cccnc3)c(=O)c2cc1OC. The summed E-state index contributed by atoms with van der Waals surface area (Å²) >= 11 is 0. The number of benzene rings is 1. The molecule has 0 aliphatic carbocycles. The average Bonchev–Trinajstić information content (AvgIpc) is 2.79. The van der Waals surface area contributed by atoms with Crippen LogP contribution in [0.4, 0.5) is 0 Å². The molecule has 4 rings (SSSR count). The molecule has 3 heterocycles. The summed E-state index contributed by atoms with van der Waals surface area (Å²) in [6, 6.07) is 6.89. The number of aromatic nitrogens is 2. The highest BCUT2D eigenvalue weighted by Crippen LogP contribution is 2.33. The standard InChI is InChI=1S/C22H23N3O4/c1-28-19-11-16-17(12-20(19)29-2)22(27)25(15-7-6-8-23-13-15)14-18(16)21(26)24-9-4-3-5-10-24/h6-8,11-14H,3-5,9-10H2,1-2H3. The van der Waals surface area contributed by atoms with Crippen molar-refractivity contribution in [3.05, 3.63) is 58.8 Å². The van der Waals surface area contributed by atoms with Crippen LogP contribution in [0.1, 0.15) is 29.6 Å². The van der Waals surface area contributed by atoms with Crippen LogP contribution in [0.15, 0.2) is 47.7 Å². The quantitative estimate of drug-likeness (QED) is 0.681. The fourth-order valence-electron chi connectivity index (χ4n) is 3.79. The number of piperidine rings is 1. The van der Waals surface area contributed by atoms with E-state index in [0.717, 1.165) is 32.4 Å². The fraction of sp³-hybridized carbons (Fsp3) is 0.318. The van der Waals surface area contributed by atoms with Crippen molar-refractivity contribution in [3.63, 3.8) is 0 Å². The molecule has 1 aliphatic rings. The Kier molecular flexibility index (Phi) is 5.20. The van der Waals surface area contributed by atoms with Crippen LogP contribution in [0.5, 0.6) is 11.5 Å². The van der Waals surface area contributed by atoms with Crippen molar-refractivity contribution in [1.82, 2.24) is 14.5 Å². The van der Waals surface area contributed by atoms with Gasteiger partial charge in [0.05, 0.1) is 37.1 Å². The molecule has 7 heteroatoms. The number of hydrogen-bond acceptors (Lipinski definition) is 5. The molecule has 1 fully saturated rings. The van der Waals surface area contributed by atoms with Gasteiger partial charge in [-0.25, -0.2) is 0 Å². The van der Waals surface area contributed by atoms with Gasteiger partial charge in [-0.05, 0) is 43.5 Å². The van der Waals surface area contributed by atoms with Crippen molar-refractivity contribution in [2.45, 2.75) is 19.3 Å². The Labute approximate surface area is 168 Å². The monoisotopic (exact) mass is 393 g/mol. The van der Waals surface area contributed by atoms with E-state index in [4.69, 9.17) is 9.47 Å². The number of ether oxygens (including phenoxy) is 2. The Morgan fingerprint density at radius 3 is 2.34 bits per heavy atom. The summed E-state index contributed by atoms with van der Waals surface area (Å²) in [5, 5.41) is 0.956. The highest BCUT2D eigenvalue weighted by molar-refractivity contribution is 6.07. The van der Waals surface area contributed by atoms with Gasteiger partial charge in [-0.2, -0.15) is 0 Å². The van der Waals surface area contributed by atoms with Gasteiger partial charge < -0.3 is 14.4 Å². The van der Waals surface area contributed by atoms with Gasteiger partial charge in [0.15, 0.2) is 11.5 Å².